The van der Waals surface area contributed by atoms with Gasteiger partial charge in [0.1, 0.15) is 0 Å². The van der Waals surface area contributed by atoms with E-state index in [9.17, 15) is 4.79 Å². The zero-order chi connectivity index (χ0) is 13.5. The van der Waals surface area contributed by atoms with Crippen molar-refractivity contribution in [3.05, 3.63) is 29.8 Å². The molecule has 104 valence electrons. The van der Waals surface area contributed by atoms with E-state index in [0.29, 0.717) is 12.3 Å². The second-order valence-electron chi connectivity index (χ2n) is 4.57. The van der Waals surface area contributed by atoms with E-state index < -0.39 is 0 Å². The molecule has 1 amide bonds. The van der Waals surface area contributed by atoms with Crippen LogP contribution >= 0.6 is 11.6 Å². The first-order chi connectivity index (χ1) is 9.28. The van der Waals surface area contributed by atoms with Crippen molar-refractivity contribution in [2.24, 2.45) is 0 Å². The molecule has 0 saturated carbocycles. The number of carbonyl (C=O) groups excluding carboxylic acids is 1. The molecule has 1 aromatic carbocycles. The number of carbonyl (C=O) groups is 1. The highest BCUT2D eigenvalue weighted by molar-refractivity contribution is 6.19. The molecular formula is C14H19ClN2O2. The van der Waals surface area contributed by atoms with Gasteiger partial charge in [-0.15, -0.1) is 11.6 Å². The Labute approximate surface area is 118 Å². The lowest BCUT2D eigenvalue weighted by Crippen LogP contribution is -2.35. The largest absolute Gasteiger partial charge is 0.379 e. The fraction of sp³-hybridized carbons (Fsp3) is 0.500. The molecule has 2 rings (SSSR count). The fourth-order valence-corrected chi connectivity index (χ4v) is 2.19. The molecule has 0 atom stereocenters. The monoisotopic (exact) mass is 282 g/mol. The number of hydrogen-bond donors (Lipinski definition) is 1. The number of hydrogen-bond acceptors (Lipinski definition) is 3. The first-order valence-corrected chi connectivity index (χ1v) is 7.06. The average Bonchev–Trinajstić information content (AvgIpc) is 2.42. The second-order valence-corrected chi connectivity index (χ2v) is 4.95. The number of nitrogens with zero attached hydrogens (tertiary/aromatic N) is 1. The van der Waals surface area contributed by atoms with Gasteiger partial charge in [0, 0.05) is 37.6 Å². The number of alkyl halides is 1. The first-order valence-electron chi connectivity index (χ1n) is 6.53. The molecule has 0 aliphatic carbocycles. The summed E-state index contributed by atoms with van der Waals surface area (Å²) in [5.74, 6) is 0.303. The van der Waals surface area contributed by atoms with Gasteiger partial charge in [0.05, 0.1) is 13.2 Å². The van der Waals surface area contributed by atoms with Crippen molar-refractivity contribution >= 4 is 23.2 Å². The molecule has 1 aromatic rings. The average molecular weight is 283 g/mol. The molecular weight excluding hydrogens is 264 g/mol. The molecule has 0 radical (unpaired) electrons. The van der Waals surface area contributed by atoms with Crippen molar-refractivity contribution in [1.29, 1.82) is 0 Å². The molecule has 1 aliphatic rings. The number of morpholine rings is 1. The number of nitrogens with one attached hydrogen (secondary N) is 1. The Morgan fingerprint density at radius 3 is 2.58 bits per heavy atom. The van der Waals surface area contributed by atoms with Gasteiger partial charge in [-0.3, -0.25) is 9.69 Å². The summed E-state index contributed by atoms with van der Waals surface area (Å²) in [5.41, 5.74) is 2.07. The predicted molar refractivity (Wildman–Crippen MR) is 76.5 cm³/mol. The van der Waals surface area contributed by atoms with E-state index in [2.05, 4.69) is 10.2 Å². The number of amides is 1. The maximum absolute atomic E-state index is 11.4. The van der Waals surface area contributed by atoms with Crippen LogP contribution in [0.2, 0.25) is 0 Å². The lowest BCUT2D eigenvalue weighted by Gasteiger charge is -2.26. The quantitative estimate of drug-likeness (QED) is 0.841. The molecule has 19 heavy (non-hydrogen) atoms. The van der Waals surface area contributed by atoms with E-state index in [1.807, 2.05) is 24.3 Å². The molecule has 5 heteroatoms. The Hall–Kier alpha value is -1.10. The normalized spacial score (nSPS) is 16.3. The van der Waals surface area contributed by atoms with Crippen LogP contribution in [0.25, 0.3) is 0 Å². The topological polar surface area (TPSA) is 41.6 Å². The maximum Gasteiger partial charge on any atom is 0.225 e. The van der Waals surface area contributed by atoms with Crippen LogP contribution in [-0.2, 0) is 16.1 Å². The van der Waals surface area contributed by atoms with Gasteiger partial charge in [0.2, 0.25) is 5.91 Å². The minimum absolute atomic E-state index is 0.0454. The van der Waals surface area contributed by atoms with Gasteiger partial charge in [-0.05, 0) is 17.7 Å². The number of anilines is 1. The molecule has 1 N–H and O–H groups in total. The van der Waals surface area contributed by atoms with E-state index in [1.54, 1.807) is 0 Å². The summed E-state index contributed by atoms with van der Waals surface area (Å²) in [4.78, 5) is 13.8. The Kier molecular flexibility index (Phi) is 5.63. The van der Waals surface area contributed by atoms with Crippen molar-refractivity contribution in [2.75, 3.05) is 37.5 Å². The number of benzene rings is 1. The van der Waals surface area contributed by atoms with Crippen LogP contribution in [0.3, 0.4) is 0 Å². The zero-order valence-electron chi connectivity index (χ0n) is 10.9. The SMILES string of the molecule is O=C(CCCl)Nc1ccc(CN2CCOCC2)cc1. The molecule has 1 aliphatic heterocycles. The maximum atomic E-state index is 11.4. The lowest BCUT2D eigenvalue weighted by molar-refractivity contribution is -0.115. The van der Waals surface area contributed by atoms with Crippen LogP contribution in [-0.4, -0.2) is 43.0 Å². The summed E-state index contributed by atoms with van der Waals surface area (Å²) in [6.07, 6.45) is 0.344. The lowest BCUT2D eigenvalue weighted by atomic mass is 10.2. The summed E-state index contributed by atoms with van der Waals surface area (Å²) in [5, 5.41) is 2.82. The van der Waals surface area contributed by atoms with Crippen LogP contribution in [0.1, 0.15) is 12.0 Å². The minimum Gasteiger partial charge on any atom is -0.379 e. The van der Waals surface area contributed by atoms with Crippen LogP contribution in [0.15, 0.2) is 24.3 Å². The Balaban J connectivity index is 1.85. The summed E-state index contributed by atoms with van der Waals surface area (Å²) in [7, 11) is 0. The number of rotatable bonds is 5. The predicted octanol–water partition coefficient (Wildman–Crippen LogP) is 2.09. The highest BCUT2D eigenvalue weighted by Crippen LogP contribution is 2.12. The third kappa shape index (κ3) is 4.82. The highest BCUT2D eigenvalue weighted by Gasteiger charge is 2.10. The zero-order valence-corrected chi connectivity index (χ0v) is 11.7. The third-order valence-corrected chi connectivity index (χ3v) is 3.26. The summed E-state index contributed by atoms with van der Waals surface area (Å²) in [6, 6.07) is 7.96. The van der Waals surface area contributed by atoms with E-state index in [4.69, 9.17) is 16.3 Å². The van der Waals surface area contributed by atoms with Crippen LogP contribution in [0.4, 0.5) is 5.69 Å². The van der Waals surface area contributed by atoms with Gasteiger partial charge in [-0.25, -0.2) is 0 Å². The molecule has 0 unspecified atom stereocenters. The van der Waals surface area contributed by atoms with E-state index in [1.165, 1.54) is 5.56 Å². The molecule has 0 spiro atoms. The standard InChI is InChI=1S/C14H19ClN2O2/c15-6-5-14(18)16-13-3-1-12(2-4-13)11-17-7-9-19-10-8-17/h1-4H,5-11H2,(H,16,18). The van der Waals surface area contributed by atoms with Crippen molar-refractivity contribution in [1.82, 2.24) is 4.90 Å². The Bertz CT molecular complexity index is 402. The van der Waals surface area contributed by atoms with Crippen molar-refractivity contribution < 1.29 is 9.53 Å². The van der Waals surface area contributed by atoms with Gasteiger partial charge in [0.15, 0.2) is 0 Å². The summed E-state index contributed by atoms with van der Waals surface area (Å²) in [6.45, 7) is 4.51. The van der Waals surface area contributed by atoms with E-state index in [0.717, 1.165) is 38.5 Å². The fourth-order valence-electron chi connectivity index (χ4n) is 2.02. The van der Waals surface area contributed by atoms with Gasteiger partial charge < -0.3 is 10.1 Å². The molecule has 1 saturated heterocycles. The van der Waals surface area contributed by atoms with E-state index >= 15 is 0 Å². The van der Waals surface area contributed by atoms with Crippen LogP contribution in [0, 0.1) is 0 Å². The van der Waals surface area contributed by atoms with Crippen LogP contribution < -0.4 is 5.32 Å². The van der Waals surface area contributed by atoms with Crippen molar-refractivity contribution in [2.45, 2.75) is 13.0 Å². The van der Waals surface area contributed by atoms with Gasteiger partial charge in [-0.2, -0.15) is 0 Å². The molecule has 1 heterocycles. The summed E-state index contributed by atoms with van der Waals surface area (Å²) < 4.78 is 5.32. The molecule has 4 nitrogen and oxygen atoms in total. The van der Waals surface area contributed by atoms with Crippen molar-refractivity contribution in [3.8, 4) is 0 Å². The number of ether oxygens (including phenoxy) is 1. The Morgan fingerprint density at radius 2 is 1.95 bits per heavy atom. The smallest absolute Gasteiger partial charge is 0.225 e. The van der Waals surface area contributed by atoms with Gasteiger partial charge in [0.25, 0.3) is 0 Å². The highest BCUT2D eigenvalue weighted by atomic mass is 35.5. The molecule has 1 fully saturated rings. The summed E-state index contributed by atoms with van der Waals surface area (Å²) >= 11 is 5.52. The third-order valence-electron chi connectivity index (χ3n) is 3.07. The molecule has 0 aromatic heterocycles. The van der Waals surface area contributed by atoms with Gasteiger partial charge >= 0.3 is 0 Å². The van der Waals surface area contributed by atoms with Gasteiger partial charge in [-0.1, -0.05) is 12.1 Å². The minimum atomic E-state index is -0.0454. The Morgan fingerprint density at radius 1 is 1.26 bits per heavy atom. The van der Waals surface area contributed by atoms with E-state index in [-0.39, 0.29) is 5.91 Å². The van der Waals surface area contributed by atoms with Crippen molar-refractivity contribution in [3.63, 3.8) is 0 Å². The molecule has 0 bridgehead atoms. The first kappa shape index (κ1) is 14.3. The van der Waals surface area contributed by atoms with Crippen LogP contribution in [0.5, 0.6) is 0 Å². The number of halogens is 1. The second kappa shape index (κ2) is 7.48.